The van der Waals surface area contributed by atoms with Gasteiger partial charge in [-0.25, -0.2) is 4.79 Å². The van der Waals surface area contributed by atoms with Crippen molar-refractivity contribution < 1.29 is 14.3 Å². The summed E-state index contributed by atoms with van der Waals surface area (Å²) < 4.78 is 6.86. The number of rotatable bonds is 5. The summed E-state index contributed by atoms with van der Waals surface area (Å²) in [5, 5.41) is 6.42. The molecule has 2 aromatic rings. The third-order valence-corrected chi connectivity index (χ3v) is 5.70. The van der Waals surface area contributed by atoms with E-state index in [0.29, 0.717) is 36.7 Å². The van der Waals surface area contributed by atoms with Crippen molar-refractivity contribution in [1.82, 2.24) is 10.2 Å². The fraction of sp³-hybridized carbons (Fsp3) is 0.364. The van der Waals surface area contributed by atoms with Gasteiger partial charge < -0.3 is 20.3 Å². The van der Waals surface area contributed by atoms with E-state index >= 15 is 0 Å². The van der Waals surface area contributed by atoms with Crippen molar-refractivity contribution in [3.63, 3.8) is 0 Å². The number of likely N-dealkylation sites (tertiary alicyclic amines) is 1. The number of benzene rings is 2. The van der Waals surface area contributed by atoms with Gasteiger partial charge in [0, 0.05) is 34.3 Å². The van der Waals surface area contributed by atoms with Crippen molar-refractivity contribution in [2.75, 3.05) is 18.4 Å². The highest BCUT2D eigenvalue weighted by Gasteiger charge is 2.36. The average molecular weight is 495 g/mol. The van der Waals surface area contributed by atoms with Crippen molar-refractivity contribution in [2.24, 2.45) is 0 Å². The number of anilines is 1. The lowest BCUT2D eigenvalue weighted by molar-refractivity contribution is -0.146. The summed E-state index contributed by atoms with van der Waals surface area (Å²) >= 11 is 9.27. The highest BCUT2D eigenvalue weighted by atomic mass is 79.9. The number of nitrogens with zero attached hydrogens (tertiary/aromatic N) is 1. The van der Waals surface area contributed by atoms with Gasteiger partial charge in [-0.3, -0.25) is 4.79 Å². The van der Waals surface area contributed by atoms with E-state index in [1.165, 1.54) is 0 Å². The van der Waals surface area contributed by atoms with Crippen LogP contribution in [0.25, 0.3) is 0 Å². The quantitative estimate of drug-likeness (QED) is 0.609. The van der Waals surface area contributed by atoms with Crippen LogP contribution in [0.4, 0.5) is 10.5 Å². The first-order valence-electron chi connectivity index (χ1n) is 9.80. The molecule has 1 heterocycles. The lowest BCUT2D eigenvalue weighted by Crippen LogP contribution is -2.54. The number of hydrogen-bond donors (Lipinski definition) is 2. The summed E-state index contributed by atoms with van der Waals surface area (Å²) in [6, 6.07) is 14.1. The van der Waals surface area contributed by atoms with E-state index in [0.717, 1.165) is 10.2 Å². The zero-order chi connectivity index (χ0) is 21.7. The van der Waals surface area contributed by atoms with Gasteiger partial charge in [0.25, 0.3) is 5.91 Å². The molecule has 8 heteroatoms. The second-order valence-electron chi connectivity index (χ2n) is 7.74. The van der Waals surface area contributed by atoms with Crippen molar-refractivity contribution in [3.05, 3.63) is 58.0 Å². The molecule has 0 bridgehead atoms. The first kappa shape index (κ1) is 22.4. The molecular weight excluding hydrogens is 470 g/mol. The number of amides is 3. The number of carbonyl (C=O) groups excluding carboxylic acids is 2. The van der Waals surface area contributed by atoms with Crippen molar-refractivity contribution in [2.45, 2.75) is 38.3 Å². The van der Waals surface area contributed by atoms with Crippen LogP contribution >= 0.6 is 27.5 Å². The molecule has 0 spiro atoms. The largest absolute Gasteiger partial charge is 0.478 e. The Balaban J connectivity index is 1.47. The van der Waals surface area contributed by atoms with Crippen LogP contribution in [0, 0.1) is 0 Å². The van der Waals surface area contributed by atoms with E-state index in [2.05, 4.69) is 26.6 Å². The van der Waals surface area contributed by atoms with E-state index in [1.54, 1.807) is 43.0 Å². The molecule has 3 rings (SSSR count). The highest BCUT2D eigenvalue weighted by molar-refractivity contribution is 9.10. The third kappa shape index (κ3) is 6.12. The summed E-state index contributed by atoms with van der Waals surface area (Å²) in [7, 11) is 0. The molecule has 1 fully saturated rings. The lowest BCUT2D eigenvalue weighted by atomic mass is 10.0. The van der Waals surface area contributed by atoms with Crippen LogP contribution in [0.15, 0.2) is 53.0 Å². The van der Waals surface area contributed by atoms with E-state index < -0.39 is 5.60 Å². The number of piperidine rings is 1. The van der Waals surface area contributed by atoms with Crippen LogP contribution in [-0.4, -0.2) is 41.6 Å². The fourth-order valence-corrected chi connectivity index (χ4v) is 3.72. The van der Waals surface area contributed by atoms with Gasteiger partial charge in [0.2, 0.25) is 0 Å². The first-order chi connectivity index (χ1) is 14.2. The zero-order valence-electron chi connectivity index (χ0n) is 17.0. The first-order valence-corrected chi connectivity index (χ1v) is 11.0. The molecule has 0 aromatic heterocycles. The number of hydrogen-bond acceptors (Lipinski definition) is 3. The van der Waals surface area contributed by atoms with E-state index in [1.807, 2.05) is 24.3 Å². The van der Waals surface area contributed by atoms with Crippen molar-refractivity contribution in [1.29, 1.82) is 0 Å². The molecule has 30 heavy (non-hydrogen) atoms. The van der Waals surface area contributed by atoms with Gasteiger partial charge in [-0.2, -0.15) is 0 Å². The summed E-state index contributed by atoms with van der Waals surface area (Å²) in [5.41, 5.74) is -0.267. The molecule has 1 aliphatic heterocycles. The Bertz CT molecular complexity index is 880. The van der Waals surface area contributed by atoms with Crippen LogP contribution in [0.1, 0.15) is 26.7 Å². The molecule has 0 unspecified atom stereocenters. The molecule has 6 nitrogen and oxygen atoms in total. The van der Waals surface area contributed by atoms with Gasteiger partial charge >= 0.3 is 6.03 Å². The zero-order valence-corrected chi connectivity index (χ0v) is 19.3. The Hall–Kier alpha value is -2.25. The van der Waals surface area contributed by atoms with Gasteiger partial charge in [-0.15, -0.1) is 0 Å². The van der Waals surface area contributed by atoms with Crippen LogP contribution in [0.5, 0.6) is 5.75 Å². The van der Waals surface area contributed by atoms with Crippen LogP contribution < -0.4 is 15.4 Å². The van der Waals surface area contributed by atoms with Gasteiger partial charge in [-0.1, -0.05) is 27.5 Å². The van der Waals surface area contributed by atoms with Gasteiger partial charge in [0.1, 0.15) is 5.75 Å². The van der Waals surface area contributed by atoms with Crippen molar-refractivity contribution >= 4 is 45.2 Å². The number of halogens is 2. The lowest BCUT2D eigenvalue weighted by Gasteiger charge is -2.37. The number of ether oxygens (including phenoxy) is 1. The maximum atomic E-state index is 13.0. The Labute approximate surface area is 190 Å². The number of carbonyl (C=O) groups is 2. The maximum absolute atomic E-state index is 13.0. The molecular formula is C22H25BrClN3O3. The standard InChI is InChI=1S/C22H25BrClN3O3/c1-22(2,30-19-9-5-16(24)6-10-19)20(28)27-13-11-18(12-14-27)26-21(29)25-17-7-3-15(23)4-8-17/h3-10,18H,11-14H2,1-2H3,(H2,25,26,29). The van der Waals surface area contributed by atoms with Gasteiger partial charge in [0.15, 0.2) is 5.60 Å². The number of urea groups is 1. The molecule has 2 N–H and O–H groups in total. The minimum atomic E-state index is -0.993. The third-order valence-electron chi connectivity index (χ3n) is 4.92. The van der Waals surface area contributed by atoms with E-state index in [-0.39, 0.29) is 18.0 Å². The predicted octanol–water partition coefficient (Wildman–Crippen LogP) is 5.07. The molecule has 0 saturated carbocycles. The Kier molecular flexibility index (Phi) is 7.26. The second kappa shape index (κ2) is 9.71. The van der Waals surface area contributed by atoms with Gasteiger partial charge in [-0.05, 0) is 75.2 Å². The maximum Gasteiger partial charge on any atom is 0.319 e. The van der Waals surface area contributed by atoms with E-state index in [9.17, 15) is 9.59 Å². The summed E-state index contributed by atoms with van der Waals surface area (Å²) in [6.45, 7) is 4.66. The van der Waals surface area contributed by atoms with Crippen LogP contribution in [0.2, 0.25) is 5.02 Å². The Morgan fingerprint density at radius 2 is 1.67 bits per heavy atom. The summed E-state index contributed by atoms with van der Waals surface area (Å²) in [6.07, 6.45) is 1.38. The van der Waals surface area contributed by atoms with Crippen molar-refractivity contribution in [3.8, 4) is 5.75 Å². The molecule has 1 aliphatic rings. The Morgan fingerprint density at radius 1 is 1.07 bits per heavy atom. The minimum Gasteiger partial charge on any atom is -0.478 e. The second-order valence-corrected chi connectivity index (χ2v) is 9.09. The van der Waals surface area contributed by atoms with Gasteiger partial charge in [0.05, 0.1) is 0 Å². The number of nitrogens with one attached hydrogen (secondary N) is 2. The summed E-state index contributed by atoms with van der Waals surface area (Å²) in [4.78, 5) is 27.0. The SMILES string of the molecule is CC(C)(Oc1ccc(Cl)cc1)C(=O)N1CCC(NC(=O)Nc2ccc(Br)cc2)CC1. The summed E-state index contributed by atoms with van der Waals surface area (Å²) in [5.74, 6) is 0.522. The molecule has 1 saturated heterocycles. The molecule has 2 aromatic carbocycles. The highest BCUT2D eigenvalue weighted by Crippen LogP contribution is 2.24. The fourth-order valence-electron chi connectivity index (χ4n) is 3.33. The van der Waals surface area contributed by atoms with E-state index in [4.69, 9.17) is 16.3 Å². The Morgan fingerprint density at radius 3 is 2.27 bits per heavy atom. The molecule has 0 atom stereocenters. The monoisotopic (exact) mass is 493 g/mol. The predicted molar refractivity (Wildman–Crippen MR) is 122 cm³/mol. The topological polar surface area (TPSA) is 70.7 Å². The molecule has 160 valence electrons. The van der Waals surface area contributed by atoms with Crippen LogP contribution in [0.3, 0.4) is 0 Å². The molecule has 0 radical (unpaired) electrons. The van der Waals surface area contributed by atoms with Crippen LogP contribution in [-0.2, 0) is 4.79 Å². The smallest absolute Gasteiger partial charge is 0.319 e. The molecule has 3 amide bonds. The average Bonchev–Trinajstić information content (AvgIpc) is 2.71. The molecule has 0 aliphatic carbocycles. The minimum absolute atomic E-state index is 0.0183. The normalized spacial score (nSPS) is 14.9.